The Morgan fingerprint density at radius 3 is 2.57 bits per heavy atom. The molecular formula is C26H41N3O. The van der Waals surface area contributed by atoms with Crippen LogP contribution in [0.3, 0.4) is 0 Å². The van der Waals surface area contributed by atoms with Crippen LogP contribution in [0.2, 0.25) is 0 Å². The Hall–Kier alpha value is -1.84. The molecule has 2 N–H and O–H groups in total. The first-order valence-corrected chi connectivity index (χ1v) is 12.2. The number of anilines is 1. The van der Waals surface area contributed by atoms with E-state index in [4.69, 9.17) is 5.41 Å². The normalized spacial score (nSPS) is 23.5. The second-order valence-corrected chi connectivity index (χ2v) is 9.79. The Bertz CT molecular complexity index is 641. The molecule has 4 heteroatoms. The summed E-state index contributed by atoms with van der Waals surface area (Å²) in [6.07, 6.45) is 17.3. The van der Waals surface area contributed by atoms with Crippen molar-refractivity contribution in [2.24, 2.45) is 17.8 Å². The van der Waals surface area contributed by atoms with E-state index in [2.05, 4.69) is 35.6 Å². The molecule has 0 spiro atoms. The lowest BCUT2D eigenvalue weighted by molar-refractivity contribution is -0.114. The lowest BCUT2D eigenvalue weighted by Gasteiger charge is -2.33. The molecule has 4 nitrogen and oxygen atoms in total. The molecule has 0 aromatic heterocycles. The zero-order valence-electron chi connectivity index (χ0n) is 18.8. The van der Waals surface area contributed by atoms with Crippen molar-refractivity contribution in [2.45, 2.75) is 89.5 Å². The monoisotopic (exact) mass is 411 g/mol. The first-order chi connectivity index (χ1) is 14.6. The third kappa shape index (κ3) is 7.45. The van der Waals surface area contributed by atoms with Crippen molar-refractivity contribution in [2.75, 3.05) is 12.4 Å². The summed E-state index contributed by atoms with van der Waals surface area (Å²) in [7, 11) is 1.72. The SMILES string of the molecule is CN(C=O)C(=N)CC(CCC1CCCCC1)C[C@H]1CCC[C@@H](Nc2ccccc2)C1. The lowest BCUT2D eigenvalue weighted by Crippen LogP contribution is -2.30. The highest BCUT2D eigenvalue weighted by Gasteiger charge is 2.26. The Balaban J connectivity index is 1.54. The quantitative estimate of drug-likeness (QED) is 0.263. The molecule has 1 aromatic carbocycles. The minimum atomic E-state index is 0.480. The zero-order chi connectivity index (χ0) is 21.2. The number of benzene rings is 1. The van der Waals surface area contributed by atoms with Crippen LogP contribution in [0, 0.1) is 23.2 Å². The molecule has 30 heavy (non-hydrogen) atoms. The van der Waals surface area contributed by atoms with E-state index in [0.717, 1.165) is 24.7 Å². The maximum absolute atomic E-state index is 11.1. The van der Waals surface area contributed by atoms with Crippen molar-refractivity contribution >= 4 is 17.9 Å². The lowest BCUT2D eigenvalue weighted by atomic mass is 9.76. The fraction of sp³-hybridized carbons (Fsp3) is 0.692. The van der Waals surface area contributed by atoms with Gasteiger partial charge in [-0.3, -0.25) is 10.2 Å². The number of carbonyl (C=O) groups is 1. The summed E-state index contributed by atoms with van der Waals surface area (Å²) in [6, 6.07) is 11.1. The number of para-hydroxylation sites is 1. The van der Waals surface area contributed by atoms with E-state index in [-0.39, 0.29) is 0 Å². The van der Waals surface area contributed by atoms with Crippen LogP contribution in [0.5, 0.6) is 0 Å². The van der Waals surface area contributed by atoms with Gasteiger partial charge in [0.05, 0.1) is 0 Å². The van der Waals surface area contributed by atoms with Crippen molar-refractivity contribution in [3.63, 3.8) is 0 Å². The second-order valence-electron chi connectivity index (χ2n) is 9.79. The number of amidine groups is 1. The van der Waals surface area contributed by atoms with E-state index in [9.17, 15) is 4.79 Å². The van der Waals surface area contributed by atoms with Gasteiger partial charge in [-0.2, -0.15) is 0 Å². The van der Waals surface area contributed by atoms with Crippen LogP contribution in [-0.2, 0) is 4.79 Å². The largest absolute Gasteiger partial charge is 0.382 e. The van der Waals surface area contributed by atoms with Gasteiger partial charge in [-0.1, -0.05) is 69.6 Å². The Morgan fingerprint density at radius 2 is 1.83 bits per heavy atom. The molecule has 2 aliphatic carbocycles. The summed E-state index contributed by atoms with van der Waals surface area (Å²) >= 11 is 0. The van der Waals surface area contributed by atoms with Crippen LogP contribution in [0.4, 0.5) is 5.69 Å². The van der Waals surface area contributed by atoms with E-state index in [1.54, 1.807) is 7.05 Å². The first-order valence-electron chi connectivity index (χ1n) is 12.2. The van der Waals surface area contributed by atoms with Gasteiger partial charge in [-0.05, 0) is 55.6 Å². The van der Waals surface area contributed by atoms with E-state index < -0.39 is 0 Å². The predicted octanol–water partition coefficient (Wildman–Crippen LogP) is 6.48. The summed E-state index contributed by atoms with van der Waals surface area (Å²) in [5, 5.41) is 12.1. The first kappa shape index (κ1) is 22.8. The van der Waals surface area contributed by atoms with Gasteiger partial charge in [0.15, 0.2) is 0 Å². The van der Waals surface area contributed by atoms with Crippen molar-refractivity contribution < 1.29 is 4.79 Å². The number of amides is 1. The fourth-order valence-electron chi connectivity index (χ4n) is 5.61. The second kappa shape index (κ2) is 12.1. The molecule has 0 aliphatic heterocycles. The van der Waals surface area contributed by atoms with Gasteiger partial charge >= 0.3 is 0 Å². The van der Waals surface area contributed by atoms with Gasteiger partial charge in [-0.15, -0.1) is 0 Å². The fourth-order valence-corrected chi connectivity index (χ4v) is 5.61. The predicted molar refractivity (Wildman–Crippen MR) is 126 cm³/mol. The Kier molecular flexibility index (Phi) is 9.23. The number of rotatable bonds is 10. The molecule has 1 aromatic rings. The molecule has 2 saturated carbocycles. The topological polar surface area (TPSA) is 56.2 Å². The molecule has 3 rings (SSSR count). The highest BCUT2D eigenvalue weighted by Crippen LogP contribution is 2.36. The van der Waals surface area contributed by atoms with Gasteiger partial charge in [-0.25, -0.2) is 0 Å². The molecule has 0 saturated heterocycles. The van der Waals surface area contributed by atoms with Gasteiger partial charge in [0.1, 0.15) is 5.84 Å². The van der Waals surface area contributed by atoms with E-state index in [1.807, 2.05) is 0 Å². The van der Waals surface area contributed by atoms with Crippen molar-refractivity contribution in [1.29, 1.82) is 5.41 Å². The zero-order valence-corrected chi connectivity index (χ0v) is 18.8. The highest BCUT2D eigenvalue weighted by atomic mass is 16.1. The van der Waals surface area contributed by atoms with Gasteiger partial charge in [0.25, 0.3) is 0 Å². The van der Waals surface area contributed by atoms with Crippen LogP contribution in [-0.4, -0.2) is 30.2 Å². The summed E-state index contributed by atoms with van der Waals surface area (Å²) < 4.78 is 0. The van der Waals surface area contributed by atoms with Crippen molar-refractivity contribution in [3.8, 4) is 0 Å². The number of carbonyl (C=O) groups excluding carboxylic acids is 1. The highest BCUT2D eigenvalue weighted by molar-refractivity contribution is 5.87. The molecule has 1 unspecified atom stereocenters. The molecule has 2 aliphatic rings. The van der Waals surface area contributed by atoms with Gasteiger partial charge in [0.2, 0.25) is 6.41 Å². The average molecular weight is 412 g/mol. The Labute approximate surface area is 183 Å². The number of hydrogen-bond acceptors (Lipinski definition) is 3. The minimum absolute atomic E-state index is 0.480. The summed E-state index contributed by atoms with van der Waals surface area (Å²) in [4.78, 5) is 12.6. The third-order valence-corrected chi connectivity index (χ3v) is 7.37. The molecule has 3 atom stereocenters. The molecule has 0 radical (unpaired) electrons. The molecule has 166 valence electrons. The molecule has 0 heterocycles. The molecular weight excluding hydrogens is 370 g/mol. The smallest absolute Gasteiger partial charge is 0.214 e. The van der Waals surface area contributed by atoms with Gasteiger partial charge in [0, 0.05) is 25.2 Å². The molecule has 0 bridgehead atoms. The van der Waals surface area contributed by atoms with Crippen molar-refractivity contribution in [3.05, 3.63) is 30.3 Å². The molecule has 2 fully saturated rings. The van der Waals surface area contributed by atoms with Crippen LogP contribution in [0.1, 0.15) is 83.5 Å². The number of hydrogen-bond donors (Lipinski definition) is 2. The third-order valence-electron chi connectivity index (χ3n) is 7.37. The minimum Gasteiger partial charge on any atom is -0.382 e. The molecule has 1 amide bonds. The average Bonchev–Trinajstić information content (AvgIpc) is 2.78. The van der Waals surface area contributed by atoms with Crippen molar-refractivity contribution in [1.82, 2.24) is 4.90 Å². The van der Waals surface area contributed by atoms with E-state index in [0.29, 0.717) is 17.8 Å². The Morgan fingerprint density at radius 1 is 1.10 bits per heavy atom. The maximum Gasteiger partial charge on any atom is 0.214 e. The van der Waals surface area contributed by atoms with Crippen LogP contribution < -0.4 is 5.32 Å². The van der Waals surface area contributed by atoms with Crippen LogP contribution in [0.25, 0.3) is 0 Å². The van der Waals surface area contributed by atoms with E-state index in [1.165, 1.54) is 87.6 Å². The summed E-state index contributed by atoms with van der Waals surface area (Å²) in [6.45, 7) is 0. The van der Waals surface area contributed by atoms with Crippen LogP contribution >= 0.6 is 0 Å². The summed E-state index contributed by atoms with van der Waals surface area (Å²) in [5.41, 5.74) is 1.23. The maximum atomic E-state index is 11.1. The standard InChI is InChI=1S/C26H41N3O/c1-29(20-30)26(27)19-23(16-15-21-9-4-2-5-10-21)17-22-11-8-14-25(18-22)28-24-12-6-3-7-13-24/h3,6-7,12-13,20-23,25,27-28H,2,4-5,8-11,14-19H2,1H3/t22-,23?,25-/m1/s1. The van der Waals surface area contributed by atoms with E-state index >= 15 is 0 Å². The summed E-state index contributed by atoms with van der Waals surface area (Å²) in [5.74, 6) is 2.62. The van der Waals surface area contributed by atoms with Gasteiger partial charge < -0.3 is 10.2 Å². The number of nitrogens with zero attached hydrogens (tertiary/aromatic N) is 1. The van der Waals surface area contributed by atoms with Crippen LogP contribution in [0.15, 0.2) is 30.3 Å². The number of nitrogens with one attached hydrogen (secondary N) is 2.